The molecule has 1 N–H and O–H groups in total. The number of nitrogens with zero attached hydrogens (tertiary/aromatic N) is 1. The first kappa shape index (κ1) is 15.5. The third-order valence-electron chi connectivity index (χ3n) is 3.31. The molecule has 1 rings (SSSR count). The number of hydrogen-bond acceptors (Lipinski definition) is 4. The van der Waals surface area contributed by atoms with Crippen molar-refractivity contribution in [2.75, 3.05) is 32.6 Å². The van der Waals surface area contributed by atoms with Crippen molar-refractivity contribution in [3.05, 3.63) is 29.8 Å². The van der Waals surface area contributed by atoms with Gasteiger partial charge < -0.3 is 15.0 Å². The Morgan fingerprint density at radius 2 is 1.89 bits per heavy atom. The average molecular weight is 264 g/mol. The number of benzene rings is 1. The van der Waals surface area contributed by atoms with Gasteiger partial charge in [-0.1, -0.05) is 19.1 Å². The van der Waals surface area contributed by atoms with Crippen molar-refractivity contribution in [1.82, 2.24) is 5.32 Å². The van der Waals surface area contributed by atoms with E-state index in [0.717, 1.165) is 17.8 Å². The highest BCUT2D eigenvalue weighted by Crippen LogP contribution is 2.27. The van der Waals surface area contributed by atoms with Crippen LogP contribution in [-0.4, -0.2) is 33.7 Å². The van der Waals surface area contributed by atoms with Crippen LogP contribution in [0.1, 0.15) is 25.8 Å². The van der Waals surface area contributed by atoms with Crippen LogP contribution in [0.2, 0.25) is 0 Å². The van der Waals surface area contributed by atoms with E-state index in [1.807, 2.05) is 27.9 Å². The Morgan fingerprint density at radius 1 is 1.32 bits per heavy atom. The zero-order chi connectivity index (χ0) is 14.5. The Morgan fingerprint density at radius 3 is 2.32 bits per heavy atom. The molecule has 0 amide bonds. The second-order valence-electron chi connectivity index (χ2n) is 5.06. The minimum absolute atomic E-state index is 0.208. The standard InChI is InChI=1S/C15H24N2O2/c1-6-16-15(2,11-14(18)19-5)12-7-9-13(10-8-12)17(3)4/h7-10,16H,6,11H2,1-5H3. The lowest BCUT2D eigenvalue weighted by atomic mass is 9.88. The third-order valence-corrected chi connectivity index (χ3v) is 3.31. The SMILES string of the molecule is CCNC(C)(CC(=O)OC)c1ccc(N(C)C)cc1. The van der Waals surface area contributed by atoms with Crippen molar-refractivity contribution in [1.29, 1.82) is 0 Å². The number of rotatable bonds is 6. The van der Waals surface area contributed by atoms with Crippen molar-refractivity contribution in [3.8, 4) is 0 Å². The van der Waals surface area contributed by atoms with Crippen LogP contribution < -0.4 is 10.2 Å². The fourth-order valence-corrected chi connectivity index (χ4v) is 2.15. The number of ether oxygens (including phenoxy) is 1. The van der Waals surface area contributed by atoms with E-state index in [1.165, 1.54) is 7.11 Å². The van der Waals surface area contributed by atoms with E-state index < -0.39 is 5.54 Å². The molecule has 0 spiro atoms. The maximum Gasteiger partial charge on any atom is 0.307 e. The number of anilines is 1. The molecule has 0 aliphatic carbocycles. The van der Waals surface area contributed by atoms with Crippen LogP contribution in [0.25, 0.3) is 0 Å². The van der Waals surface area contributed by atoms with E-state index in [9.17, 15) is 4.79 Å². The summed E-state index contributed by atoms with van der Waals surface area (Å²) in [4.78, 5) is 13.6. The molecule has 1 atom stereocenters. The zero-order valence-corrected chi connectivity index (χ0v) is 12.5. The molecule has 0 aliphatic rings. The van der Waals surface area contributed by atoms with Crippen LogP contribution >= 0.6 is 0 Å². The molecule has 19 heavy (non-hydrogen) atoms. The van der Waals surface area contributed by atoms with Gasteiger partial charge in [0.2, 0.25) is 0 Å². The van der Waals surface area contributed by atoms with Crippen LogP contribution in [0.4, 0.5) is 5.69 Å². The van der Waals surface area contributed by atoms with Gasteiger partial charge in [0.05, 0.1) is 19.1 Å². The zero-order valence-electron chi connectivity index (χ0n) is 12.5. The summed E-state index contributed by atoms with van der Waals surface area (Å²) >= 11 is 0. The van der Waals surface area contributed by atoms with Crippen LogP contribution in [-0.2, 0) is 15.1 Å². The minimum atomic E-state index is -0.396. The van der Waals surface area contributed by atoms with Gasteiger partial charge in [-0.05, 0) is 31.2 Å². The van der Waals surface area contributed by atoms with E-state index in [1.54, 1.807) is 0 Å². The predicted octanol–water partition coefficient (Wildman–Crippen LogP) is 2.14. The molecule has 0 heterocycles. The van der Waals surface area contributed by atoms with Gasteiger partial charge in [-0.15, -0.1) is 0 Å². The van der Waals surface area contributed by atoms with E-state index in [-0.39, 0.29) is 5.97 Å². The molecule has 106 valence electrons. The molecular weight excluding hydrogens is 240 g/mol. The fourth-order valence-electron chi connectivity index (χ4n) is 2.15. The number of carbonyl (C=O) groups excluding carboxylic acids is 1. The third kappa shape index (κ3) is 3.96. The van der Waals surface area contributed by atoms with Crippen molar-refractivity contribution < 1.29 is 9.53 Å². The minimum Gasteiger partial charge on any atom is -0.469 e. The van der Waals surface area contributed by atoms with Crippen LogP contribution in [0, 0.1) is 0 Å². The molecule has 0 bridgehead atoms. The Balaban J connectivity index is 3.00. The van der Waals surface area contributed by atoms with Gasteiger partial charge in [-0.3, -0.25) is 4.79 Å². The van der Waals surface area contributed by atoms with Crippen LogP contribution in [0.15, 0.2) is 24.3 Å². The summed E-state index contributed by atoms with van der Waals surface area (Å²) in [5.41, 5.74) is 1.83. The summed E-state index contributed by atoms with van der Waals surface area (Å²) in [5.74, 6) is -0.208. The maximum absolute atomic E-state index is 11.6. The molecule has 1 unspecified atom stereocenters. The van der Waals surface area contributed by atoms with Crippen molar-refractivity contribution in [3.63, 3.8) is 0 Å². The molecule has 0 fully saturated rings. The molecule has 0 saturated carbocycles. The second kappa shape index (κ2) is 6.57. The van der Waals surface area contributed by atoms with Gasteiger partial charge in [0, 0.05) is 19.8 Å². The summed E-state index contributed by atoms with van der Waals surface area (Å²) in [6.45, 7) is 4.85. The molecule has 4 nitrogen and oxygen atoms in total. The molecule has 4 heteroatoms. The topological polar surface area (TPSA) is 41.6 Å². The molecular formula is C15H24N2O2. The molecule has 0 saturated heterocycles. The highest BCUT2D eigenvalue weighted by atomic mass is 16.5. The van der Waals surface area contributed by atoms with E-state index in [4.69, 9.17) is 4.74 Å². The molecule has 0 radical (unpaired) electrons. The summed E-state index contributed by atoms with van der Waals surface area (Å²) in [7, 11) is 5.43. The van der Waals surface area contributed by atoms with Gasteiger partial charge in [0.25, 0.3) is 0 Å². The number of esters is 1. The van der Waals surface area contributed by atoms with Gasteiger partial charge in [0.1, 0.15) is 0 Å². The Kier molecular flexibility index (Phi) is 5.36. The van der Waals surface area contributed by atoms with E-state index >= 15 is 0 Å². The number of hydrogen-bond donors (Lipinski definition) is 1. The van der Waals surface area contributed by atoms with Crippen molar-refractivity contribution in [2.24, 2.45) is 0 Å². The fraction of sp³-hybridized carbons (Fsp3) is 0.533. The largest absolute Gasteiger partial charge is 0.469 e. The summed E-state index contributed by atoms with van der Waals surface area (Å²) in [6, 6.07) is 8.23. The van der Waals surface area contributed by atoms with E-state index in [0.29, 0.717) is 6.42 Å². The summed E-state index contributed by atoms with van der Waals surface area (Å²) in [6.07, 6.45) is 0.318. The summed E-state index contributed by atoms with van der Waals surface area (Å²) in [5, 5.41) is 3.37. The second-order valence-corrected chi connectivity index (χ2v) is 5.06. The lowest BCUT2D eigenvalue weighted by molar-refractivity contribution is -0.142. The first-order valence-corrected chi connectivity index (χ1v) is 6.52. The smallest absolute Gasteiger partial charge is 0.307 e. The molecule has 1 aromatic carbocycles. The lowest BCUT2D eigenvalue weighted by Crippen LogP contribution is -2.41. The van der Waals surface area contributed by atoms with E-state index in [2.05, 4.69) is 34.5 Å². The van der Waals surface area contributed by atoms with Gasteiger partial charge in [0.15, 0.2) is 0 Å². The number of nitrogens with one attached hydrogen (secondary N) is 1. The number of carbonyl (C=O) groups is 1. The Labute approximate surface area is 115 Å². The van der Waals surface area contributed by atoms with Crippen molar-refractivity contribution in [2.45, 2.75) is 25.8 Å². The first-order chi connectivity index (χ1) is 8.92. The van der Waals surface area contributed by atoms with Gasteiger partial charge >= 0.3 is 5.97 Å². The van der Waals surface area contributed by atoms with Gasteiger partial charge in [-0.25, -0.2) is 0 Å². The summed E-state index contributed by atoms with van der Waals surface area (Å²) < 4.78 is 4.79. The lowest BCUT2D eigenvalue weighted by Gasteiger charge is -2.30. The molecule has 0 aromatic heterocycles. The Bertz CT molecular complexity index is 415. The quantitative estimate of drug-likeness (QED) is 0.799. The monoisotopic (exact) mass is 264 g/mol. The first-order valence-electron chi connectivity index (χ1n) is 6.52. The van der Waals surface area contributed by atoms with Crippen LogP contribution in [0.3, 0.4) is 0 Å². The highest BCUT2D eigenvalue weighted by Gasteiger charge is 2.29. The molecule has 0 aliphatic heterocycles. The Hall–Kier alpha value is -1.55. The maximum atomic E-state index is 11.6. The average Bonchev–Trinajstić information content (AvgIpc) is 2.39. The van der Waals surface area contributed by atoms with Crippen molar-refractivity contribution >= 4 is 11.7 Å². The highest BCUT2D eigenvalue weighted by molar-refractivity contribution is 5.71. The normalized spacial score (nSPS) is 13.7. The number of methoxy groups -OCH3 is 1. The predicted molar refractivity (Wildman–Crippen MR) is 78.4 cm³/mol. The molecule has 1 aromatic rings. The van der Waals surface area contributed by atoms with Crippen LogP contribution in [0.5, 0.6) is 0 Å². The van der Waals surface area contributed by atoms with Gasteiger partial charge in [-0.2, -0.15) is 0 Å².